The minimum Gasteiger partial charge on any atom is -0.394 e. The summed E-state index contributed by atoms with van der Waals surface area (Å²) in [5.41, 5.74) is 11.1. The molecule has 3 rings (SSSR count). The lowest BCUT2D eigenvalue weighted by atomic mass is 9.91. The fourth-order valence-electron chi connectivity index (χ4n) is 11.5. The Morgan fingerprint density at radius 2 is 0.819 bits per heavy atom. The van der Waals surface area contributed by atoms with Crippen molar-refractivity contribution in [1.29, 1.82) is 0 Å². The third-order valence-corrected chi connectivity index (χ3v) is 19.3. The van der Waals surface area contributed by atoms with E-state index in [9.17, 15) is 74.2 Å². The number of ketones is 2. The van der Waals surface area contributed by atoms with Gasteiger partial charge in [0.15, 0.2) is 24.7 Å². The highest BCUT2D eigenvalue weighted by Crippen LogP contribution is 2.42. The molecule has 0 aromatic heterocycles. The second-order valence-corrected chi connectivity index (χ2v) is 28.6. The SMILES string of the molecule is CC.CC(=O)CCCCO[C@@H]1OC(CO)[C@H](O)[C@H](O)C1C.COCCCCCCNC(=O)CCCCCNC(=O)C(CCCCN)CC(=O)C(CCCCNC(=O)CCCCO[C@@H]1OC(CO)[C@H](O)[C@H](O)C1C)NC(=O)CCCCO[C@@H]1OC(CO)[C@H](O)[C@H](O)C1C.COP(=O)(O)OCCCCCCN. The van der Waals surface area contributed by atoms with Crippen LogP contribution in [0.25, 0.3) is 0 Å². The first-order valence-corrected chi connectivity index (χ1v) is 40.0. The number of amides is 4. The zero-order valence-corrected chi connectivity index (χ0v) is 65.3. The number of rotatable bonds is 56. The first-order chi connectivity index (χ1) is 50.3. The van der Waals surface area contributed by atoms with Crippen molar-refractivity contribution in [3.63, 3.8) is 0 Å². The molecule has 32 nitrogen and oxygen atoms in total. The van der Waals surface area contributed by atoms with Gasteiger partial charge in [-0.05, 0) is 129 Å². The number of aliphatic hydroxyl groups excluding tert-OH is 9. The molecule has 620 valence electrons. The first kappa shape index (κ1) is 102. The molecule has 3 aliphatic rings. The van der Waals surface area contributed by atoms with E-state index in [4.69, 9.17) is 54.6 Å². The molecule has 33 heteroatoms. The van der Waals surface area contributed by atoms with Gasteiger partial charge in [-0.3, -0.25) is 33.0 Å². The molecule has 0 aromatic carbocycles. The number of phosphoric acid groups is 1. The van der Waals surface area contributed by atoms with Gasteiger partial charge in [-0.15, -0.1) is 0 Å². The van der Waals surface area contributed by atoms with Gasteiger partial charge in [-0.1, -0.05) is 73.1 Å². The van der Waals surface area contributed by atoms with Gasteiger partial charge in [0.25, 0.3) is 0 Å². The molecule has 105 heavy (non-hydrogen) atoms. The van der Waals surface area contributed by atoms with Gasteiger partial charge >= 0.3 is 7.82 Å². The molecule has 4 amide bonds. The maximum atomic E-state index is 14.0. The maximum Gasteiger partial charge on any atom is 0.471 e. The highest BCUT2D eigenvalue weighted by Gasteiger charge is 2.45. The average molecular weight is 1540 g/mol. The Labute approximate surface area is 624 Å². The Morgan fingerprint density at radius 3 is 1.25 bits per heavy atom. The molecule has 0 aliphatic carbocycles. The monoisotopic (exact) mass is 1540 g/mol. The molecular formula is C72H141N6O26P. The van der Waals surface area contributed by atoms with Crippen molar-refractivity contribution < 1.29 is 126 Å². The van der Waals surface area contributed by atoms with E-state index in [1.807, 2.05) is 13.8 Å². The van der Waals surface area contributed by atoms with Crippen LogP contribution >= 0.6 is 7.82 Å². The fourth-order valence-corrected chi connectivity index (χ4v) is 12.0. The summed E-state index contributed by atoms with van der Waals surface area (Å²) < 4.78 is 58.3. The van der Waals surface area contributed by atoms with E-state index in [2.05, 4.69) is 30.3 Å². The summed E-state index contributed by atoms with van der Waals surface area (Å²) in [4.78, 5) is 85.2. The van der Waals surface area contributed by atoms with E-state index in [-0.39, 0.29) is 86.8 Å². The van der Waals surface area contributed by atoms with E-state index >= 15 is 0 Å². The highest BCUT2D eigenvalue weighted by atomic mass is 31.2. The predicted octanol–water partition coefficient (Wildman–Crippen LogP) is 3.12. The van der Waals surface area contributed by atoms with Crippen molar-refractivity contribution in [2.24, 2.45) is 35.1 Å². The lowest BCUT2D eigenvalue weighted by molar-refractivity contribution is -0.282. The van der Waals surface area contributed by atoms with E-state index in [0.29, 0.717) is 129 Å². The Balaban J connectivity index is 0.00000258. The van der Waals surface area contributed by atoms with Crippen molar-refractivity contribution in [3.8, 4) is 0 Å². The van der Waals surface area contributed by atoms with Gasteiger partial charge in [0, 0.05) is 116 Å². The van der Waals surface area contributed by atoms with Crippen molar-refractivity contribution in [2.45, 2.75) is 301 Å². The van der Waals surface area contributed by atoms with E-state index < -0.39 is 119 Å². The summed E-state index contributed by atoms with van der Waals surface area (Å²) in [6, 6.07) is -0.867. The molecule has 18 N–H and O–H groups in total. The van der Waals surface area contributed by atoms with Crippen LogP contribution in [-0.4, -0.2) is 266 Å². The van der Waals surface area contributed by atoms with Crippen molar-refractivity contribution in [1.82, 2.24) is 21.3 Å². The van der Waals surface area contributed by atoms with Crippen LogP contribution in [0, 0.1) is 23.7 Å². The molecule has 9 unspecified atom stereocenters. The second-order valence-electron chi connectivity index (χ2n) is 27.0. The number of methoxy groups -OCH3 is 1. The third kappa shape index (κ3) is 46.1. The molecule has 18 atom stereocenters. The Morgan fingerprint density at radius 1 is 0.457 bits per heavy atom. The van der Waals surface area contributed by atoms with Gasteiger partial charge in [0.1, 0.15) is 42.4 Å². The molecule has 3 heterocycles. The Bertz CT molecular complexity index is 2270. The Hall–Kier alpha value is -3.39. The number of aliphatic hydroxyl groups is 9. The summed E-state index contributed by atoms with van der Waals surface area (Å²) in [5.74, 6) is -2.89. The summed E-state index contributed by atoms with van der Waals surface area (Å²) in [5, 5.41) is 100.0. The normalized spacial score (nSPS) is 25.5. The van der Waals surface area contributed by atoms with Gasteiger partial charge in [0.2, 0.25) is 23.6 Å². The molecule has 3 fully saturated rings. The van der Waals surface area contributed by atoms with Gasteiger partial charge in [-0.2, -0.15) is 0 Å². The number of nitrogens with one attached hydrogen (secondary N) is 4. The number of ether oxygens (including phenoxy) is 7. The largest absolute Gasteiger partial charge is 0.471 e. The van der Waals surface area contributed by atoms with Crippen LogP contribution in [0.4, 0.5) is 0 Å². The number of unbranched alkanes of at least 4 members (excludes halogenated alkanes) is 13. The molecule has 0 bridgehead atoms. The number of phosphoric ester groups is 1. The van der Waals surface area contributed by atoms with Gasteiger partial charge in [0.05, 0.1) is 50.8 Å². The summed E-state index contributed by atoms with van der Waals surface area (Å²) in [7, 11) is -0.918. The lowest BCUT2D eigenvalue weighted by Crippen LogP contribution is -2.55. The van der Waals surface area contributed by atoms with Crippen LogP contribution in [0.3, 0.4) is 0 Å². The van der Waals surface area contributed by atoms with Gasteiger partial charge < -0.3 is 122 Å². The van der Waals surface area contributed by atoms with Gasteiger partial charge in [-0.25, -0.2) is 4.57 Å². The Kier molecular flexibility index (Phi) is 61.2. The molecular weight excluding hydrogens is 1400 g/mol. The van der Waals surface area contributed by atoms with Crippen molar-refractivity contribution in [2.75, 3.05) is 99.8 Å². The standard InChI is InChI=1S/C50H93N5O16.C13H24O6.C7H18NO4P.C2H6/c1-34-44(62)46(64)39(32-56)70-49(34)68-29-17-10-22-42(60)53-26-15-9-20-37(55-43(61)23-11-18-30-69-50-35(2)45(63)47(65)40(33-57)71-50)38(58)31-36(19-8-12-24-51)48(66)54-27-14-6-7-21-41(59)52-25-13-4-5-16-28-67-3;1-8(15)5-3-4-6-18-13-9(2)11(16)12(17)10(7-14)19-13;1-11-13(9,10)12-7-5-3-2-4-6-8;1-2/h34-37,39-40,44-47,49-50,56-57,62-65H,4-33,51H2,1-3H3,(H,52,59)(H,53,60)(H,54,66)(H,55,61);9-14,16-17H,3-7H2,1-2H3;2-8H2,1H3,(H,9,10);1-2H3/t34?,35?,36?,37?,39?,40?,44-,45-,46+,47+,49-,50-;9?,10?,11-,12+,13-;;/m11../s1. The van der Waals surface area contributed by atoms with Crippen LogP contribution in [0.15, 0.2) is 0 Å². The number of hydrogen-bond donors (Lipinski definition) is 16. The zero-order chi connectivity index (χ0) is 79.0. The number of nitrogens with two attached hydrogens (primary N) is 2. The van der Waals surface area contributed by atoms with Crippen LogP contribution in [0.1, 0.15) is 221 Å². The molecule has 3 saturated heterocycles. The van der Waals surface area contributed by atoms with Crippen molar-refractivity contribution in [3.05, 3.63) is 0 Å². The molecule has 0 radical (unpaired) electrons. The quantitative estimate of drug-likeness (QED) is 0.0307. The van der Waals surface area contributed by atoms with E-state index in [1.165, 1.54) is 0 Å². The third-order valence-electron chi connectivity index (χ3n) is 18.3. The molecule has 0 aromatic rings. The first-order valence-electron chi connectivity index (χ1n) is 38.5. The minimum absolute atomic E-state index is 0.0193. The van der Waals surface area contributed by atoms with Crippen LogP contribution < -0.4 is 32.7 Å². The number of carbonyl (C=O) groups excluding carboxylic acids is 6. The predicted molar refractivity (Wildman–Crippen MR) is 392 cm³/mol. The van der Waals surface area contributed by atoms with Crippen molar-refractivity contribution >= 4 is 43.0 Å². The molecule has 0 spiro atoms. The summed E-state index contributed by atoms with van der Waals surface area (Å²) in [6.45, 7) is 13.7. The van der Waals surface area contributed by atoms with E-state index in [0.717, 1.165) is 84.3 Å². The van der Waals surface area contributed by atoms with E-state index in [1.54, 1.807) is 34.8 Å². The fraction of sp³-hybridized carbons (Fsp3) is 0.917. The second kappa shape index (κ2) is 63.3. The average Bonchev–Trinajstić information content (AvgIpc) is 0.836. The lowest BCUT2D eigenvalue weighted by Gasteiger charge is -2.40. The summed E-state index contributed by atoms with van der Waals surface area (Å²) in [6.07, 6.45) is 5.81. The van der Waals surface area contributed by atoms with Crippen LogP contribution in [0.5, 0.6) is 0 Å². The van der Waals surface area contributed by atoms with Crippen LogP contribution in [-0.2, 0) is 75.5 Å². The number of Topliss-reactive ketones (excluding diaryl/α,β-unsaturated/α-hetero) is 2. The zero-order valence-electron chi connectivity index (χ0n) is 64.4. The highest BCUT2D eigenvalue weighted by molar-refractivity contribution is 7.47. The minimum atomic E-state index is -3.75. The number of carbonyl (C=O) groups is 6. The summed E-state index contributed by atoms with van der Waals surface area (Å²) >= 11 is 0. The number of hydrogen-bond acceptors (Lipinski definition) is 27. The van der Waals surface area contributed by atoms with Crippen LogP contribution in [0.2, 0.25) is 0 Å². The maximum absolute atomic E-state index is 14.0. The smallest absolute Gasteiger partial charge is 0.394 e. The topological polar surface area (TPSA) is 505 Å². The molecule has 3 aliphatic heterocycles. The molecule has 0 saturated carbocycles.